The van der Waals surface area contributed by atoms with Gasteiger partial charge in [-0.25, -0.2) is 0 Å². The van der Waals surface area contributed by atoms with Gasteiger partial charge in [-0.2, -0.15) is 0 Å². The van der Waals surface area contributed by atoms with Crippen molar-refractivity contribution < 1.29 is 7.86 Å². The molecule has 1 aromatic rings. The van der Waals surface area contributed by atoms with E-state index in [2.05, 4.69) is 0 Å². The third-order valence-corrected chi connectivity index (χ3v) is 3.76. The average molecular weight is 262 g/mol. The molecule has 0 fully saturated rings. The van der Waals surface area contributed by atoms with Crippen molar-refractivity contribution in [2.45, 2.75) is 6.92 Å². The van der Waals surface area contributed by atoms with Crippen molar-refractivity contribution in [3.8, 4) is 0 Å². The van der Waals surface area contributed by atoms with Crippen LogP contribution < -0.4 is 0 Å². The van der Waals surface area contributed by atoms with E-state index in [4.69, 9.17) is 3.07 Å². The first-order valence-electron chi connectivity index (χ1n) is 3.27. The molecule has 0 saturated carbocycles. The Morgan fingerprint density at radius 3 is 3.09 bits per heavy atom. The summed E-state index contributed by atoms with van der Waals surface area (Å²) in [4.78, 5) is 11.0. The topological polar surface area (TPSA) is 26.3 Å². The van der Waals surface area contributed by atoms with E-state index >= 15 is 0 Å². The van der Waals surface area contributed by atoms with Crippen LogP contribution in [-0.2, 0) is 3.07 Å². The van der Waals surface area contributed by atoms with Crippen LogP contribution >= 0.6 is 21.6 Å². The van der Waals surface area contributed by atoms with Crippen LogP contribution in [0, 0.1) is 10.5 Å². The summed E-state index contributed by atoms with van der Waals surface area (Å²) in [7, 11) is 0. The van der Waals surface area contributed by atoms with E-state index < -0.39 is 21.6 Å². The maximum atomic E-state index is 11.0. The Bertz CT molecular complexity index is 320. The molecule has 1 aliphatic rings. The van der Waals surface area contributed by atoms with Crippen molar-refractivity contribution in [1.82, 2.24) is 0 Å². The normalized spacial score (nSPS) is 15.2. The van der Waals surface area contributed by atoms with Crippen LogP contribution in [0.1, 0.15) is 15.9 Å². The van der Waals surface area contributed by atoms with E-state index in [1.807, 2.05) is 25.1 Å². The van der Waals surface area contributed by atoms with Crippen molar-refractivity contribution in [3.05, 3.63) is 32.9 Å². The zero-order valence-electron chi connectivity index (χ0n) is 5.96. The number of carbonyl (C=O) groups excluding carboxylic acids is 1. The van der Waals surface area contributed by atoms with Gasteiger partial charge in [0.05, 0.1) is 0 Å². The molecule has 0 spiro atoms. The van der Waals surface area contributed by atoms with Crippen LogP contribution in [0.3, 0.4) is 0 Å². The third kappa shape index (κ3) is 1.13. The maximum absolute atomic E-state index is 11.0. The predicted molar refractivity (Wildman–Crippen MR) is 50.7 cm³/mol. The van der Waals surface area contributed by atoms with Crippen LogP contribution in [0.5, 0.6) is 0 Å². The van der Waals surface area contributed by atoms with Gasteiger partial charge in [0.1, 0.15) is 0 Å². The van der Waals surface area contributed by atoms with Gasteiger partial charge in [0.2, 0.25) is 0 Å². The molecule has 0 atom stereocenters. The second-order valence-corrected chi connectivity index (χ2v) is 4.66. The molecule has 2 rings (SSSR count). The SMILES string of the molecule is Cc1ccc2c(c1)C(=O)O[IH]2. The van der Waals surface area contributed by atoms with Crippen LogP contribution in [0.2, 0.25) is 0 Å². The van der Waals surface area contributed by atoms with E-state index in [9.17, 15) is 4.79 Å². The van der Waals surface area contributed by atoms with Crippen molar-refractivity contribution in [3.63, 3.8) is 0 Å². The number of halogens is 1. The molecule has 0 amide bonds. The Labute approximate surface area is 75.4 Å². The number of carbonyl (C=O) groups is 1. The van der Waals surface area contributed by atoms with E-state index in [1.54, 1.807) is 0 Å². The number of hydrogen-bond acceptors (Lipinski definition) is 2. The minimum absolute atomic E-state index is 0.133. The van der Waals surface area contributed by atoms with Gasteiger partial charge in [-0.1, -0.05) is 0 Å². The van der Waals surface area contributed by atoms with E-state index in [1.165, 1.54) is 0 Å². The molecule has 0 unspecified atom stereocenters. The van der Waals surface area contributed by atoms with Gasteiger partial charge >= 0.3 is 75.3 Å². The van der Waals surface area contributed by atoms with Crippen LogP contribution in [0.15, 0.2) is 18.2 Å². The summed E-state index contributed by atoms with van der Waals surface area (Å²) >= 11 is -0.647. The number of benzene rings is 1. The summed E-state index contributed by atoms with van der Waals surface area (Å²) in [5.41, 5.74) is 1.91. The number of rotatable bonds is 0. The fraction of sp³-hybridized carbons (Fsp3) is 0.125. The van der Waals surface area contributed by atoms with Gasteiger partial charge in [-0.05, 0) is 0 Å². The summed E-state index contributed by atoms with van der Waals surface area (Å²) in [6, 6.07) is 5.92. The van der Waals surface area contributed by atoms with Gasteiger partial charge in [0.15, 0.2) is 0 Å². The number of hydrogen-bond donors (Lipinski definition) is 0. The monoisotopic (exact) mass is 262 g/mol. The minimum atomic E-state index is -0.647. The Kier molecular flexibility index (Phi) is 1.60. The molecule has 1 heterocycles. The average Bonchev–Trinajstić information content (AvgIpc) is 2.33. The van der Waals surface area contributed by atoms with Gasteiger partial charge in [0.25, 0.3) is 0 Å². The Hall–Kier alpha value is -0.580. The summed E-state index contributed by atoms with van der Waals surface area (Å²) in [6.45, 7) is 1.98. The van der Waals surface area contributed by atoms with Gasteiger partial charge in [0, 0.05) is 0 Å². The molecule has 2 nitrogen and oxygen atoms in total. The van der Waals surface area contributed by atoms with Crippen LogP contribution in [-0.4, -0.2) is 5.97 Å². The molecule has 1 aliphatic heterocycles. The molecular weight excluding hydrogens is 255 g/mol. The number of aryl methyl sites for hydroxylation is 1. The first kappa shape index (κ1) is 7.09. The third-order valence-electron chi connectivity index (χ3n) is 1.56. The zero-order chi connectivity index (χ0) is 7.84. The zero-order valence-corrected chi connectivity index (χ0v) is 8.29. The van der Waals surface area contributed by atoms with Crippen molar-refractivity contribution in [2.24, 2.45) is 0 Å². The Morgan fingerprint density at radius 2 is 2.27 bits per heavy atom. The molecule has 11 heavy (non-hydrogen) atoms. The van der Waals surface area contributed by atoms with Crippen molar-refractivity contribution in [2.75, 3.05) is 0 Å². The summed E-state index contributed by atoms with van der Waals surface area (Å²) < 4.78 is 6.10. The van der Waals surface area contributed by atoms with Crippen LogP contribution in [0.4, 0.5) is 0 Å². The van der Waals surface area contributed by atoms with Crippen molar-refractivity contribution >= 4 is 27.6 Å². The fourth-order valence-corrected chi connectivity index (χ4v) is 2.75. The Balaban J connectivity index is 2.60. The van der Waals surface area contributed by atoms with E-state index in [0.29, 0.717) is 0 Å². The van der Waals surface area contributed by atoms with E-state index in [0.717, 1.165) is 14.7 Å². The summed E-state index contributed by atoms with van der Waals surface area (Å²) in [6.07, 6.45) is 0. The fourth-order valence-electron chi connectivity index (χ4n) is 1.00. The second kappa shape index (κ2) is 2.48. The quantitative estimate of drug-likeness (QED) is 0.668. The molecule has 3 heteroatoms. The molecule has 58 valence electrons. The van der Waals surface area contributed by atoms with Crippen LogP contribution in [0.25, 0.3) is 0 Å². The first-order chi connectivity index (χ1) is 5.27. The molecule has 0 saturated heterocycles. The van der Waals surface area contributed by atoms with Gasteiger partial charge in [-0.3, -0.25) is 0 Å². The summed E-state index contributed by atoms with van der Waals surface area (Å²) in [5.74, 6) is -0.133. The molecule has 0 N–H and O–H groups in total. The summed E-state index contributed by atoms with van der Waals surface area (Å²) in [5, 5.41) is 0. The molecule has 0 radical (unpaired) electrons. The van der Waals surface area contributed by atoms with Crippen molar-refractivity contribution in [1.29, 1.82) is 0 Å². The predicted octanol–water partition coefficient (Wildman–Crippen LogP) is 1.95. The molecule has 0 aliphatic carbocycles. The number of fused-ring (bicyclic) bond motifs is 1. The van der Waals surface area contributed by atoms with E-state index in [-0.39, 0.29) is 5.97 Å². The molecule has 0 aromatic heterocycles. The molecule has 1 aromatic carbocycles. The second-order valence-electron chi connectivity index (χ2n) is 2.45. The standard InChI is InChI=1S/C8H7IO2/c1-5-2-3-7-6(4-5)8(10)11-9-7/h2-4,9H,1H3. The van der Waals surface area contributed by atoms with Gasteiger partial charge in [-0.15, -0.1) is 0 Å². The molecular formula is C8H7IO2. The van der Waals surface area contributed by atoms with Gasteiger partial charge < -0.3 is 0 Å². The molecule has 0 bridgehead atoms. The first-order valence-corrected chi connectivity index (χ1v) is 5.38. The Morgan fingerprint density at radius 1 is 1.45 bits per heavy atom.